The van der Waals surface area contributed by atoms with E-state index in [4.69, 9.17) is 5.73 Å². The van der Waals surface area contributed by atoms with E-state index in [2.05, 4.69) is 33.1 Å². The Morgan fingerprint density at radius 3 is 3.05 bits per heavy atom. The van der Waals surface area contributed by atoms with E-state index in [9.17, 15) is 0 Å². The Balaban J connectivity index is 1.47. The standard InChI is InChI=1S/C15H22N4/c16-12-6-7-13(10-12)17-8-3-9-19-11-18-14-4-1-2-5-15(14)19/h1-2,4-5,11-13,17H,3,6-10,16H2. The van der Waals surface area contributed by atoms with Crippen LogP contribution in [0.3, 0.4) is 0 Å². The zero-order chi connectivity index (χ0) is 13.1. The summed E-state index contributed by atoms with van der Waals surface area (Å²) in [5, 5.41) is 3.61. The third-order valence-corrected chi connectivity index (χ3v) is 4.01. The van der Waals surface area contributed by atoms with Crippen LogP contribution in [0.5, 0.6) is 0 Å². The molecule has 1 aromatic heterocycles. The Kier molecular flexibility index (Phi) is 3.80. The van der Waals surface area contributed by atoms with E-state index in [-0.39, 0.29) is 0 Å². The lowest BCUT2D eigenvalue weighted by molar-refractivity contribution is 0.493. The summed E-state index contributed by atoms with van der Waals surface area (Å²) in [5.74, 6) is 0. The van der Waals surface area contributed by atoms with Crippen LogP contribution >= 0.6 is 0 Å². The van der Waals surface area contributed by atoms with E-state index < -0.39 is 0 Å². The summed E-state index contributed by atoms with van der Waals surface area (Å²) in [6, 6.07) is 9.34. The van der Waals surface area contributed by atoms with Crippen molar-refractivity contribution in [3.63, 3.8) is 0 Å². The van der Waals surface area contributed by atoms with Crippen molar-refractivity contribution in [1.29, 1.82) is 0 Å². The van der Waals surface area contributed by atoms with Gasteiger partial charge in [0.05, 0.1) is 17.4 Å². The Hall–Kier alpha value is -1.39. The van der Waals surface area contributed by atoms with Crippen LogP contribution in [-0.4, -0.2) is 28.2 Å². The van der Waals surface area contributed by atoms with Gasteiger partial charge in [0, 0.05) is 18.6 Å². The highest BCUT2D eigenvalue weighted by Crippen LogP contribution is 2.17. The maximum atomic E-state index is 5.92. The van der Waals surface area contributed by atoms with Gasteiger partial charge in [0.1, 0.15) is 0 Å². The average molecular weight is 258 g/mol. The van der Waals surface area contributed by atoms with Crippen LogP contribution in [0.4, 0.5) is 0 Å². The van der Waals surface area contributed by atoms with Crippen LogP contribution < -0.4 is 11.1 Å². The lowest BCUT2D eigenvalue weighted by Gasteiger charge is -2.12. The third-order valence-electron chi connectivity index (χ3n) is 4.01. The van der Waals surface area contributed by atoms with Crippen molar-refractivity contribution in [3.05, 3.63) is 30.6 Å². The monoisotopic (exact) mass is 258 g/mol. The van der Waals surface area contributed by atoms with E-state index in [0.717, 1.165) is 31.4 Å². The molecule has 2 unspecified atom stereocenters. The molecule has 0 aliphatic heterocycles. The molecule has 1 saturated carbocycles. The number of para-hydroxylation sites is 2. The second kappa shape index (κ2) is 5.72. The quantitative estimate of drug-likeness (QED) is 0.805. The van der Waals surface area contributed by atoms with E-state index >= 15 is 0 Å². The Labute approximate surface area is 114 Å². The van der Waals surface area contributed by atoms with Gasteiger partial charge in [-0.3, -0.25) is 0 Å². The van der Waals surface area contributed by atoms with E-state index in [1.54, 1.807) is 0 Å². The zero-order valence-corrected chi connectivity index (χ0v) is 11.3. The number of imidazole rings is 1. The summed E-state index contributed by atoms with van der Waals surface area (Å²) in [6.07, 6.45) is 6.61. The molecule has 19 heavy (non-hydrogen) atoms. The number of benzene rings is 1. The molecule has 0 bridgehead atoms. The number of nitrogens with two attached hydrogens (primary N) is 1. The highest BCUT2D eigenvalue weighted by atomic mass is 15.0. The Morgan fingerprint density at radius 2 is 2.21 bits per heavy atom. The number of nitrogens with one attached hydrogen (secondary N) is 1. The largest absolute Gasteiger partial charge is 0.331 e. The molecule has 1 aliphatic rings. The van der Waals surface area contributed by atoms with Crippen LogP contribution in [0, 0.1) is 0 Å². The van der Waals surface area contributed by atoms with Crippen LogP contribution in [0.1, 0.15) is 25.7 Å². The van der Waals surface area contributed by atoms with Gasteiger partial charge >= 0.3 is 0 Å². The van der Waals surface area contributed by atoms with Crippen LogP contribution in [-0.2, 0) is 6.54 Å². The van der Waals surface area contributed by atoms with Crippen molar-refractivity contribution in [1.82, 2.24) is 14.9 Å². The first-order valence-electron chi connectivity index (χ1n) is 7.22. The molecule has 3 rings (SSSR count). The van der Waals surface area contributed by atoms with Gasteiger partial charge in [-0.2, -0.15) is 0 Å². The zero-order valence-electron chi connectivity index (χ0n) is 11.3. The number of aryl methyl sites for hydroxylation is 1. The molecule has 2 atom stereocenters. The first kappa shape index (κ1) is 12.6. The first-order chi connectivity index (χ1) is 9.33. The molecule has 2 aromatic rings. The van der Waals surface area contributed by atoms with E-state index in [0.29, 0.717) is 12.1 Å². The minimum atomic E-state index is 0.412. The molecule has 0 amide bonds. The first-order valence-corrected chi connectivity index (χ1v) is 7.22. The lowest BCUT2D eigenvalue weighted by atomic mass is 10.2. The molecule has 1 aromatic carbocycles. The predicted molar refractivity (Wildman–Crippen MR) is 78.0 cm³/mol. The Morgan fingerprint density at radius 1 is 1.32 bits per heavy atom. The summed E-state index contributed by atoms with van der Waals surface area (Å²) >= 11 is 0. The van der Waals surface area contributed by atoms with Gasteiger partial charge in [-0.15, -0.1) is 0 Å². The summed E-state index contributed by atoms with van der Waals surface area (Å²) in [7, 11) is 0. The number of rotatable bonds is 5. The van der Waals surface area contributed by atoms with E-state index in [1.807, 2.05) is 12.4 Å². The van der Waals surface area contributed by atoms with Crippen molar-refractivity contribution in [2.75, 3.05) is 6.54 Å². The van der Waals surface area contributed by atoms with Gasteiger partial charge in [0.2, 0.25) is 0 Å². The molecule has 0 saturated heterocycles. The minimum Gasteiger partial charge on any atom is -0.331 e. The third kappa shape index (κ3) is 2.96. The molecule has 4 heteroatoms. The summed E-state index contributed by atoms with van der Waals surface area (Å²) < 4.78 is 2.23. The van der Waals surface area contributed by atoms with Crippen LogP contribution in [0.15, 0.2) is 30.6 Å². The highest BCUT2D eigenvalue weighted by Gasteiger charge is 2.20. The molecule has 1 heterocycles. The summed E-state index contributed by atoms with van der Waals surface area (Å²) in [6.45, 7) is 2.08. The molecule has 1 fully saturated rings. The molecule has 0 radical (unpaired) electrons. The number of hydrogen-bond donors (Lipinski definition) is 2. The van der Waals surface area contributed by atoms with Crippen molar-refractivity contribution >= 4 is 11.0 Å². The number of aromatic nitrogens is 2. The van der Waals surface area contributed by atoms with Crippen molar-refractivity contribution in [2.24, 2.45) is 5.73 Å². The van der Waals surface area contributed by atoms with Crippen molar-refractivity contribution in [3.8, 4) is 0 Å². The molecule has 102 valence electrons. The molecular weight excluding hydrogens is 236 g/mol. The highest BCUT2D eigenvalue weighted by molar-refractivity contribution is 5.74. The van der Waals surface area contributed by atoms with Crippen LogP contribution in [0.2, 0.25) is 0 Å². The van der Waals surface area contributed by atoms with Gasteiger partial charge < -0.3 is 15.6 Å². The fourth-order valence-electron chi connectivity index (χ4n) is 2.95. The van der Waals surface area contributed by atoms with Crippen LogP contribution in [0.25, 0.3) is 11.0 Å². The summed E-state index contributed by atoms with van der Waals surface area (Å²) in [4.78, 5) is 4.41. The van der Waals surface area contributed by atoms with Gasteiger partial charge in [-0.1, -0.05) is 12.1 Å². The summed E-state index contributed by atoms with van der Waals surface area (Å²) in [5.41, 5.74) is 8.22. The van der Waals surface area contributed by atoms with Gasteiger partial charge in [-0.05, 0) is 44.4 Å². The lowest BCUT2D eigenvalue weighted by Crippen LogP contribution is -2.29. The molecular formula is C15H22N4. The van der Waals surface area contributed by atoms with Gasteiger partial charge in [0.15, 0.2) is 0 Å². The average Bonchev–Trinajstić information content (AvgIpc) is 3.02. The second-order valence-corrected chi connectivity index (χ2v) is 5.50. The molecule has 4 nitrogen and oxygen atoms in total. The van der Waals surface area contributed by atoms with Gasteiger partial charge in [-0.25, -0.2) is 4.98 Å². The number of hydrogen-bond acceptors (Lipinski definition) is 3. The predicted octanol–water partition coefficient (Wildman–Crippen LogP) is 1.90. The molecule has 1 aliphatic carbocycles. The molecule has 3 N–H and O–H groups in total. The fourth-order valence-corrected chi connectivity index (χ4v) is 2.95. The normalized spacial score (nSPS) is 23.2. The number of fused-ring (bicyclic) bond motifs is 1. The molecule has 0 spiro atoms. The van der Waals surface area contributed by atoms with Crippen molar-refractivity contribution in [2.45, 2.75) is 44.3 Å². The second-order valence-electron chi connectivity index (χ2n) is 5.50. The maximum absolute atomic E-state index is 5.92. The maximum Gasteiger partial charge on any atom is 0.0958 e. The SMILES string of the molecule is NC1CCC(NCCCn2cnc3ccccc32)C1. The van der Waals surface area contributed by atoms with Crippen molar-refractivity contribution < 1.29 is 0 Å². The minimum absolute atomic E-state index is 0.412. The van der Waals surface area contributed by atoms with E-state index in [1.165, 1.54) is 18.4 Å². The van der Waals surface area contributed by atoms with Gasteiger partial charge in [0.25, 0.3) is 0 Å². The smallest absolute Gasteiger partial charge is 0.0958 e. The fraction of sp³-hybridized carbons (Fsp3) is 0.533. The topological polar surface area (TPSA) is 55.9 Å². The number of nitrogens with zero attached hydrogens (tertiary/aromatic N) is 2. The Bertz CT molecular complexity index is 534.